The van der Waals surface area contributed by atoms with Gasteiger partial charge in [0.25, 0.3) is 0 Å². The first-order valence-corrected chi connectivity index (χ1v) is 26.4. The Labute approximate surface area is 400 Å². The van der Waals surface area contributed by atoms with Gasteiger partial charge >= 0.3 is 17.9 Å². The van der Waals surface area contributed by atoms with Crippen LogP contribution in [-0.4, -0.2) is 37.2 Å². The van der Waals surface area contributed by atoms with E-state index in [1.54, 1.807) is 0 Å². The number of esters is 3. The number of carbonyl (C=O) groups excluding carboxylic acids is 3. The average Bonchev–Trinajstić information content (AvgIpc) is 3.30. The second kappa shape index (κ2) is 52.7. The predicted octanol–water partition coefficient (Wildman–Crippen LogP) is 17.5. The molecule has 0 heterocycles. The molecule has 0 aliphatic carbocycles. The number of unbranched alkanes of at least 4 members (excludes halogenated alkanes) is 17. The van der Waals surface area contributed by atoms with Gasteiger partial charge in [-0.05, 0) is 89.9 Å². The molecule has 368 valence electrons. The van der Waals surface area contributed by atoms with E-state index in [1.165, 1.54) is 77.0 Å². The molecule has 6 heteroatoms. The smallest absolute Gasteiger partial charge is 0.306 e. The molecule has 0 saturated carbocycles. The van der Waals surface area contributed by atoms with Crippen LogP contribution in [0, 0.1) is 0 Å². The lowest BCUT2D eigenvalue weighted by atomic mass is 10.1. The van der Waals surface area contributed by atoms with Crippen molar-refractivity contribution >= 4 is 17.9 Å². The van der Waals surface area contributed by atoms with Crippen LogP contribution in [0.3, 0.4) is 0 Å². The third-order valence-corrected chi connectivity index (χ3v) is 10.8. The van der Waals surface area contributed by atoms with Crippen molar-refractivity contribution in [2.75, 3.05) is 13.2 Å². The zero-order chi connectivity index (χ0) is 47.2. The van der Waals surface area contributed by atoms with Gasteiger partial charge in [-0.2, -0.15) is 0 Å². The van der Waals surface area contributed by atoms with E-state index >= 15 is 0 Å². The molecule has 0 amide bonds. The highest BCUT2D eigenvalue weighted by atomic mass is 16.6. The second-order valence-corrected chi connectivity index (χ2v) is 17.0. The van der Waals surface area contributed by atoms with E-state index < -0.39 is 12.1 Å². The molecule has 0 aliphatic rings. The Morgan fingerprint density at radius 1 is 0.323 bits per heavy atom. The molecule has 0 spiro atoms. The summed E-state index contributed by atoms with van der Waals surface area (Å²) in [5, 5.41) is 0. The van der Waals surface area contributed by atoms with Gasteiger partial charge in [-0.1, -0.05) is 226 Å². The van der Waals surface area contributed by atoms with Crippen LogP contribution >= 0.6 is 0 Å². The standard InChI is InChI=1S/C59H96O6/c1-4-7-10-13-16-19-21-23-24-25-26-27-28-29-30-31-32-33-34-36-37-40-43-46-49-52-58(61)64-55-56(54-63-57(60)51-48-45-42-39-18-15-12-9-6-3)65-59(62)53-50-47-44-41-38-35-22-20-17-14-11-8-5-2/h7-8,10-11,16-17,19-20,23-24,26-27,29-30,35,38,44,47,56H,4-6,9,12-15,18,21-22,25,28,31-34,36-37,39-43,45-46,48-55H2,1-3H3/b10-7-,11-8-,19-16-,20-17-,24-23-,27-26-,30-29-,38-35-,47-44-. The minimum Gasteiger partial charge on any atom is -0.462 e. The molecule has 0 fully saturated rings. The molecule has 1 atom stereocenters. The number of rotatable bonds is 46. The largest absolute Gasteiger partial charge is 0.462 e. The molecular formula is C59H96O6. The van der Waals surface area contributed by atoms with Gasteiger partial charge in [-0.25, -0.2) is 0 Å². The number of ether oxygens (including phenoxy) is 3. The van der Waals surface area contributed by atoms with Gasteiger partial charge in [0.15, 0.2) is 6.10 Å². The lowest BCUT2D eigenvalue weighted by molar-refractivity contribution is -0.166. The molecule has 0 bridgehead atoms. The van der Waals surface area contributed by atoms with Gasteiger partial charge in [0.2, 0.25) is 0 Å². The molecule has 0 aromatic rings. The van der Waals surface area contributed by atoms with Gasteiger partial charge in [0.1, 0.15) is 13.2 Å². The van der Waals surface area contributed by atoms with Crippen molar-refractivity contribution in [3.63, 3.8) is 0 Å². The summed E-state index contributed by atoms with van der Waals surface area (Å²) in [6.07, 6.45) is 71.0. The second-order valence-electron chi connectivity index (χ2n) is 17.0. The van der Waals surface area contributed by atoms with E-state index in [1.807, 2.05) is 12.2 Å². The van der Waals surface area contributed by atoms with Crippen molar-refractivity contribution < 1.29 is 28.6 Å². The summed E-state index contributed by atoms with van der Waals surface area (Å²) in [5.41, 5.74) is 0. The summed E-state index contributed by atoms with van der Waals surface area (Å²) in [5.74, 6) is -1.00. The monoisotopic (exact) mass is 901 g/mol. The first kappa shape index (κ1) is 61.1. The fraction of sp³-hybridized carbons (Fsp3) is 0.644. The van der Waals surface area contributed by atoms with Crippen LogP contribution in [0.5, 0.6) is 0 Å². The van der Waals surface area contributed by atoms with Crippen LogP contribution in [0.15, 0.2) is 109 Å². The molecule has 0 aromatic carbocycles. The summed E-state index contributed by atoms with van der Waals surface area (Å²) in [7, 11) is 0. The van der Waals surface area contributed by atoms with Gasteiger partial charge in [-0.15, -0.1) is 0 Å². The van der Waals surface area contributed by atoms with Crippen LogP contribution in [0.4, 0.5) is 0 Å². The average molecular weight is 901 g/mol. The Morgan fingerprint density at radius 3 is 1.00 bits per heavy atom. The first-order valence-electron chi connectivity index (χ1n) is 26.4. The van der Waals surface area contributed by atoms with Crippen LogP contribution in [-0.2, 0) is 28.6 Å². The molecule has 0 aliphatic heterocycles. The number of carbonyl (C=O) groups is 3. The van der Waals surface area contributed by atoms with Crippen molar-refractivity contribution in [1.29, 1.82) is 0 Å². The quantitative estimate of drug-likeness (QED) is 0.0262. The molecule has 1 unspecified atom stereocenters. The summed E-state index contributed by atoms with van der Waals surface area (Å²) >= 11 is 0. The molecule has 0 rings (SSSR count). The predicted molar refractivity (Wildman–Crippen MR) is 279 cm³/mol. The van der Waals surface area contributed by atoms with E-state index in [-0.39, 0.29) is 31.6 Å². The van der Waals surface area contributed by atoms with Crippen molar-refractivity contribution in [1.82, 2.24) is 0 Å². The Bertz CT molecular complexity index is 1360. The van der Waals surface area contributed by atoms with Crippen LogP contribution in [0.25, 0.3) is 0 Å². The van der Waals surface area contributed by atoms with Gasteiger partial charge in [0, 0.05) is 19.3 Å². The molecule has 65 heavy (non-hydrogen) atoms. The maximum absolute atomic E-state index is 12.7. The number of hydrogen-bond acceptors (Lipinski definition) is 6. The van der Waals surface area contributed by atoms with Crippen molar-refractivity contribution in [3.05, 3.63) is 109 Å². The van der Waals surface area contributed by atoms with E-state index in [2.05, 4.69) is 118 Å². The molecule has 0 N–H and O–H groups in total. The molecule has 0 aromatic heterocycles. The Morgan fingerprint density at radius 2 is 0.631 bits per heavy atom. The van der Waals surface area contributed by atoms with Crippen molar-refractivity contribution in [2.24, 2.45) is 0 Å². The highest BCUT2D eigenvalue weighted by Crippen LogP contribution is 2.14. The topological polar surface area (TPSA) is 78.9 Å². The molecular weight excluding hydrogens is 805 g/mol. The summed E-state index contributed by atoms with van der Waals surface area (Å²) < 4.78 is 16.7. The molecule has 6 nitrogen and oxygen atoms in total. The SMILES string of the molecule is CC/C=C\C/C=C\C/C=C\C/C=C\C/C=C\CCCCCCCCCCCC(=O)OCC(COC(=O)CCCCCCCCCCC)OC(=O)CC/C=C\C/C=C\C/C=C\C/C=C\CC. The summed E-state index contributed by atoms with van der Waals surface area (Å²) in [6, 6.07) is 0. The fourth-order valence-electron chi connectivity index (χ4n) is 6.89. The maximum Gasteiger partial charge on any atom is 0.306 e. The van der Waals surface area contributed by atoms with Gasteiger partial charge in [-0.3, -0.25) is 14.4 Å². The lowest BCUT2D eigenvalue weighted by Crippen LogP contribution is -2.30. The number of allylic oxidation sites excluding steroid dienone is 18. The summed E-state index contributed by atoms with van der Waals surface area (Å²) in [6.45, 7) is 6.31. The Kier molecular flexibility index (Phi) is 49.5. The highest BCUT2D eigenvalue weighted by Gasteiger charge is 2.19. The van der Waals surface area contributed by atoms with E-state index in [0.717, 1.165) is 103 Å². The van der Waals surface area contributed by atoms with Crippen molar-refractivity contribution in [2.45, 2.75) is 232 Å². The van der Waals surface area contributed by atoms with E-state index in [0.29, 0.717) is 19.3 Å². The molecule has 0 radical (unpaired) electrons. The maximum atomic E-state index is 12.7. The highest BCUT2D eigenvalue weighted by molar-refractivity contribution is 5.71. The van der Waals surface area contributed by atoms with E-state index in [9.17, 15) is 14.4 Å². The third-order valence-electron chi connectivity index (χ3n) is 10.8. The van der Waals surface area contributed by atoms with Gasteiger partial charge < -0.3 is 14.2 Å². The minimum absolute atomic E-state index is 0.108. The Balaban J connectivity index is 4.31. The van der Waals surface area contributed by atoms with Crippen LogP contribution < -0.4 is 0 Å². The zero-order valence-electron chi connectivity index (χ0n) is 42.0. The third kappa shape index (κ3) is 50.9. The molecule has 0 saturated heterocycles. The minimum atomic E-state index is -0.817. The Hall–Kier alpha value is -3.93. The van der Waals surface area contributed by atoms with Gasteiger partial charge in [0.05, 0.1) is 0 Å². The van der Waals surface area contributed by atoms with Crippen LogP contribution in [0.2, 0.25) is 0 Å². The lowest BCUT2D eigenvalue weighted by Gasteiger charge is -2.18. The van der Waals surface area contributed by atoms with Crippen LogP contribution in [0.1, 0.15) is 226 Å². The summed E-state index contributed by atoms with van der Waals surface area (Å²) in [4.78, 5) is 37.8. The van der Waals surface area contributed by atoms with E-state index in [4.69, 9.17) is 14.2 Å². The number of hydrogen-bond donors (Lipinski definition) is 0. The van der Waals surface area contributed by atoms with Crippen molar-refractivity contribution in [3.8, 4) is 0 Å². The fourth-order valence-corrected chi connectivity index (χ4v) is 6.89. The first-order chi connectivity index (χ1) is 32.0. The zero-order valence-corrected chi connectivity index (χ0v) is 42.0. The normalized spacial score (nSPS) is 13.0.